The van der Waals surface area contributed by atoms with Crippen molar-refractivity contribution in [3.8, 4) is 0 Å². The van der Waals surface area contributed by atoms with Crippen molar-refractivity contribution in [1.82, 2.24) is 0 Å². The number of nitro benzene ring substituents is 1. The third-order valence-electron chi connectivity index (χ3n) is 2.37. The Balaban J connectivity index is 2.90. The van der Waals surface area contributed by atoms with Gasteiger partial charge in [-0.1, -0.05) is 12.1 Å². The molecule has 0 saturated carbocycles. The fourth-order valence-electron chi connectivity index (χ4n) is 1.42. The lowest BCUT2D eigenvalue weighted by Crippen LogP contribution is -2.24. The van der Waals surface area contributed by atoms with E-state index in [9.17, 15) is 20.0 Å². The number of aliphatic hydroxyl groups excluding tert-OH is 1. The second-order valence-electron chi connectivity index (χ2n) is 3.62. The minimum Gasteiger partial charge on any atom is -0.467 e. The van der Waals surface area contributed by atoms with Gasteiger partial charge in [-0.25, -0.2) is 4.79 Å². The van der Waals surface area contributed by atoms with E-state index < -0.39 is 17.0 Å². The molecule has 0 aliphatic rings. The van der Waals surface area contributed by atoms with E-state index in [1.807, 2.05) is 0 Å². The normalized spacial score (nSPS) is 11.9. The van der Waals surface area contributed by atoms with E-state index in [1.165, 1.54) is 13.2 Å². The third-order valence-corrected chi connectivity index (χ3v) is 2.37. The van der Waals surface area contributed by atoms with Crippen molar-refractivity contribution in [1.29, 1.82) is 0 Å². The summed E-state index contributed by atoms with van der Waals surface area (Å²) in [7, 11) is 1.17. The predicted octanol–water partition coefficient (Wildman–Crippen LogP) is 0.980. The quantitative estimate of drug-likeness (QED) is 0.480. The van der Waals surface area contributed by atoms with Crippen LogP contribution >= 0.6 is 0 Å². The van der Waals surface area contributed by atoms with E-state index in [4.69, 9.17) is 0 Å². The van der Waals surface area contributed by atoms with E-state index in [2.05, 4.69) is 4.74 Å². The van der Waals surface area contributed by atoms with Gasteiger partial charge in [0, 0.05) is 18.1 Å². The zero-order chi connectivity index (χ0) is 13.0. The monoisotopic (exact) mass is 239 g/mol. The maximum atomic E-state index is 11.0. The molecule has 1 aromatic rings. The van der Waals surface area contributed by atoms with Crippen molar-refractivity contribution >= 4 is 11.7 Å². The van der Waals surface area contributed by atoms with E-state index in [0.29, 0.717) is 11.1 Å². The second kappa shape index (κ2) is 5.40. The number of hydrogen-bond acceptors (Lipinski definition) is 5. The smallest absolute Gasteiger partial charge is 0.335 e. The molecule has 6 nitrogen and oxygen atoms in total. The average Bonchev–Trinajstić information content (AvgIpc) is 2.30. The summed E-state index contributed by atoms with van der Waals surface area (Å²) in [5.41, 5.74) is 1.02. The molecule has 0 fully saturated rings. The van der Waals surface area contributed by atoms with Gasteiger partial charge < -0.3 is 9.84 Å². The molecule has 0 radical (unpaired) electrons. The van der Waals surface area contributed by atoms with Crippen molar-refractivity contribution in [3.63, 3.8) is 0 Å². The summed E-state index contributed by atoms with van der Waals surface area (Å²) in [6, 6.07) is 4.56. The van der Waals surface area contributed by atoms with Gasteiger partial charge in [0.05, 0.1) is 12.0 Å². The van der Waals surface area contributed by atoms with Gasteiger partial charge in [-0.2, -0.15) is 0 Å². The molecular formula is C11H13NO5. The topological polar surface area (TPSA) is 89.7 Å². The number of carbonyl (C=O) groups excluding carboxylic acids is 1. The van der Waals surface area contributed by atoms with Gasteiger partial charge in [0.2, 0.25) is 0 Å². The number of aliphatic hydroxyl groups is 1. The number of rotatable bonds is 4. The molecule has 1 N–H and O–H groups in total. The first kappa shape index (κ1) is 13.1. The van der Waals surface area contributed by atoms with Gasteiger partial charge >= 0.3 is 5.97 Å². The number of methoxy groups -OCH3 is 1. The standard InChI is InChI=1S/C11H13NO5/c1-7-3-4-8(5-9(7)12(15)16)6-10(13)11(14)17-2/h3-5,10,13H,6H2,1-2H3. The molecule has 0 amide bonds. The predicted molar refractivity (Wildman–Crippen MR) is 59.6 cm³/mol. The van der Waals surface area contributed by atoms with Crippen LogP contribution in [0.15, 0.2) is 18.2 Å². The van der Waals surface area contributed by atoms with Crippen molar-refractivity contribution in [2.75, 3.05) is 7.11 Å². The van der Waals surface area contributed by atoms with Crippen LogP contribution < -0.4 is 0 Å². The number of aryl methyl sites for hydroxylation is 1. The second-order valence-corrected chi connectivity index (χ2v) is 3.62. The van der Waals surface area contributed by atoms with E-state index in [1.54, 1.807) is 19.1 Å². The Kier molecular flexibility index (Phi) is 4.17. The summed E-state index contributed by atoms with van der Waals surface area (Å²) in [4.78, 5) is 21.2. The van der Waals surface area contributed by atoms with Gasteiger partial charge in [0.15, 0.2) is 6.10 Å². The lowest BCUT2D eigenvalue weighted by molar-refractivity contribution is -0.385. The number of carbonyl (C=O) groups is 1. The molecule has 17 heavy (non-hydrogen) atoms. The zero-order valence-corrected chi connectivity index (χ0v) is 9.54. The minimum atomic E-state index is -1.30. The molecule has 0 bridgehead atoms. The summed E-state index contributed by atoms with van der Waals surface area (Å²) < 4.78 is 4.36. The Morgan fingerprint density at radius 3 is 2.76 bits per heavy atom. The van der Waals surface area contributed by atoms with Gasteiger partial charge in [-0.3, -0.25) is 10.1 Å². The lowest BCUT2D eigenvalue weighted by Gasteiger charge is -2.08. The van der Waals surface area contributed by atoms with Crippen molar-refractivity contribution in [3.05, 3.63) is 39.4 Å². The molecule has 0 saturated heterocycles. The van der Waals surface area contributed by atoms with Gasteiger partial charge in [-0.15, -0.1) is 0 Å². The fourth-order valence-corrected chi connectivity index (χ4v) is 1.42. The van der Waals surface area contributed by atoms with E-state index in [-0.39, 0.29) is 12.1 Å². The number of nitro groups is 1. The molecule has 6 heteroatoms. The lowest BCUT2D eigenvalue weighted by atomic mass is 10.0. The molecule has 0 spiro atoms. The summed E-state index contributed by atoms with van der Waals surface area (Å²) >= 11 is 0. The molecular weight excluding hydrogens is 226 g/mol. The molecule has 1 aromatic carbocycles. The highest BCUT2D eigenvalue weighted by molar-refractivity contribution is 5.74. The maximum Gasteiger partial charge on any atom is 0.335 e. The Labute approximate surface area is 98.0 Å². The number of hydrogen-bond donors (Lipinski definition) is 1. The van der Waals surface area contributed by atoms with Crippen LogP contribution in [0.3, 0.4) is 0 Å². The van der Waals surface area contributed by atoms with Crippen molar-refractivity contribution < 1.29 is 19.6 Å². The molecule has 0 aliphatic heterocycles. The average molecular weight is 239 g/mol. The summed E-state index contributed by atoms with van der Waals surface area (Å²) in [6.07, 6.45) is -1.31. The van der Waals surface area contributed by atoms with E-state index in [0.717, 1.165) is 0 Å². The fraction of sp³-hybridized carbons (Fsp3) is 0.364. The van der Waals surface area contributed by atoms with Crippen LogP contribution in [0.2, 0.25) is 0 Å². The summed E-state index contributed by atoms with van der Waals surface area (Å²) in [5.74, 6) is -0.756. The first-order valence-corrected chi connectivity index (χ1v) is 4.95. The highest BCUT2D eigenvalue weighted by Gasteiger charge is 2.18. The molecule has 0 aromatic heterocycles. The highest BCUT2D eigenvalue weighted by atomic mass is 16.6. The van der Waals surface area contributed by atoms with Crippen LogP contribution in [0.5, 0.6) is 0 Å². The zero-order valence-electron chi connectivity index (χ0n) is 9.54. The highest BCUT2D eigenvalue weighted by Crippen LogP contribution is 2.20. The molecule has 1 rings (SSSR count). The number of esters is 1. The SMILES string of the molecule is COC(=O)C(O)Cc1ccc(C)c([N+](=O)[O-])c1. The van der Waals surface area contributed by atoms with Gasteiger partial charge in [0.25, 0.3) is 5.69 Å². The number of benzene rings is 1. The summed E-state index contributed by atoms with van der Waals surface area (Å²) in [5, 5.41) is 20.1. The largest absolute Gasteiger partial charge is 0.467 e. The first-order chi connectivity index (χ1) is 7.95. The molecule has 0 aliphatic carbocycles. The van der Waals surface area contributed by atoms with Gasteiger partial charge in [0.1, 0.15) is 0 Å². The molecule has 1 unspecified atom stereocenters. The van der Waals surface area contributed by atoms with Crippen LogP contribution in [-0.2, 0) is 16.0 Å². The number of ether oxygens (including phenoxy) is 1. The Morgan fingerprint density at radius 1 is 1.59 bits per heavy atom. The third kappa shape index (κ3) is 3.25. The summed E-state index contributed by atoms with van der Waals surface area (Å²) in [6.45, 7) is 1.62. The van der Waals surface area contributed by atoms with Crippen LogP contribution in [-0.4, -0.2) is 29.2 Å². The van der Waals surface area contributed by atoms with Crippen LogP contribution in [0.25, 0.3) is 0 Å². The minimum absolute atomic E-state index is 0.00616. The Hall–Kier alpha value is -1.95. The van der Waals surface area contributed by atoms with Crippen LogP contribution in [0.4, 0.5) is 5.69 Å². The maximum absolute atomic E-state index is 11.0. The van der Waals surface area contributed by atoms with Crippen LogP contribution in [0, 0.1) is 17.0 Å². The molecule has 0 heterocycles. The van der Waals surface area contributed by atoms with Gasteiger partial charge in [-0.05, 0) is 12.5 Å². The van der Waals surface area contributed by atoms with E-state index >= 15 is 0 Å². The Bertz CT molecular complexity index is 443. The molecule has 1 atom stereocenters. The molecule has 92 valence electrons. The van der Waals surface area contributed by atoms with Crippen molar-refractivity contribution in [2.45, 2.75) is 19.4 Å². The Morgan fingerprint density at radius 2 is 2.24 bits per heavy atom. The first-order valence-electron chi connectivity index (χ1n) is 4.95. The van der Waals surface area contributed by atoms with Crippen molar-refractivity contribution in [2.24, 2.45) is 0 Å². The van der Waals surface area contributed by atoms with Crippen LogP contribution in [0.1, 0.15) is 11.1 Å². The number of nitrogens with zero attached hydrogens (tertiary/aromatic N) is 1.